The fourth-order valence-corrected chi connectivity index (χ4v) is 2.90. The van der Waals surface area contributed by atoms with Crippen LogP contribution >= 0.6 is 0 Å². The Morgan fingerprint density at radius 2 is 2.06 bits per heavy atom. The molecule has 4 nitrogen and oxygen atoms in total. The highest BCUT2D eigenvalue weighted by molar-refractivity contribution is 7.89. The van der Waals surface area contributed by atoms with Crippen LogP contribution < -0.4 is 5.73 Å². The van der Waals surface area contributed by atoms with Crippen LogP contribution in [0.15, 0.2) is 23.1 Å². The van der Waals surface area contributed by atoms with Crippen molar-refractivity contribution in [2.45, 2.75) is 23.8 Å². The maximum Gasteiger partial charge on any atom is 0.243 e. The fourth-order valence-electron chi connectivity index (χ4n) is 1.47. The molecule has 0 atom stereocenters. The smallest absolute Gasteiger partial charge is 0.243 e. The van der Waals surface area contributed by atoms with Crippen LogP contribution in [0.5, 0.6) is 0 Å². The van der Waals surface area contributed by atoms with Gasteiger partial charge >= 0.3 is 0 Å². The minimum absolute atomic E-state index is 0.0476. The molecule has 0 bridgehead atoms. The first-order valence-corrected chi connectivity index (χ1v) is 6.40. The monoisotopic (exact) mass is 244 g/mol. The van der Waals surface area contributed by atoms with Gasteiger partial charge in [0, 0.05) is 13.1 Å². The van der Waals surface area contributed by atoms with Gasteiger partial charge in [0.1, 0.15) is 5.82 Å². The molecule has 1 fully saturated rings. The van der Waals surface area contributed by atoms with Crippen LogP contribution in [0, 0.1) is 5.82 Å². The van der Waals surface area contributed by atoms with Crippen LogP contribution in [0.4, 0.5) is 10.1 Å². The highest BCUT2D eigenvalue weighted by atomic mass is 32.2. The molecule has 0 unspecified atom stereocenters. The van der Waals surface area contributed by atoms with Crippen molar-refractivity contribution in [3.8, 4) is 0 Å². The van der Waals surface area contributed by atoms with Crippen molar-refractivity contribution in [1.29, 1.82) is 0 Å². The summed E-state index contributed by atoms with van der Waals surface area (Å²) in [5.41, 5.74) is 5.25. The first-order chi connectivity index (χ1) is 7.43. The van der Waals surface area contributed by atoms with Gasteiger partial charge in [-0.2, -0.15) is 4.31 Å². The number of nitrogens with zero attached hydrogens (tertiary/aromatic N) is 1. The molecular weight excluding hydrogens is 231 g/mol. The second-order valence-electron chi connectivity index (χ2n) is 3.94. The Labute approximate surface area is 93.9 Å². The highest BCUT2D eigenvalue weighted by Gasteiger charge is 2.35. The number of nitrogen functional groups attached to an aromatic ring is 1. The van der Waals surface area contributed by atoms with E-state index < -0.39 is 15.8 Å². The standard InChI is InChI=1S/C10H13FN2O2S/c1-13(7-2-3-7)16(14,15)8-4-5-10(12)9(11)6-8/h4-7H,2-3,12H2,1H3. The molecule has 1 aromatic carbocycles. The molecule has 16 heavy (non-hydrogen) atoms. The molecule has 2 rings (SSSR count). The normalized spacial score (nSPS) is 16.7. The van der Waals surface area contributed by atoms with E-state index in [9.17, 15) is 12.8 Å². The van der Waals surface area contributed by atoms with Gasteiger partial charge in [0.2, 0.25) is 10.0 Å². The number of nitrogens with two attached hydrogens (primary N) is 1. The second kappa shape index (κ2) is 3.71. The minimum atomic E-state index is -3.58. The molecule has 0 spiro atoms. The Kier molecular flexibility index (Phi) is 2.63. The van der Waals surface area contributed by atoms with Crippen molar-refractivity contribution in [3.63, 3.8) is 0 Å². The van der Waals surface area contributed by atoms with Crippen LogP contribution in [-0.2, 0) is 10.0 Å². The summed E-state index contributed by atoms with van der Waals surface area (Å²) in [5.74, 6) is -0.703. The molecule has 88 valence electrons. The lowest BCUT2D eigenvalue weighted by molar-refractivity contribution is 0.463. The van der Waals surface area contributed by atoms with Crippen molar-refractivity contribution >= 4 is 15.7 Å². The van der Waals surface area contributed by atoms with Crippen molar-refractivity contribution in [2.24, 2.45) is 0 Å². The predicted molar refractivity (Wildman–Crippen MR) is 58.8 cm³/mol. The summed E-state index contributed by atoms with van der Waals surface area (Å²) in [6.45, 7) is 0. The number of anilines is 1. The van der Waals surface area contributed by atoms with Crippen LogP contribution in [0.3, 0.4) is 0 Å². The highest BCUT2D eigenvalue weighted by Crippen LogP contribution is 2.30. The van der Waals surface area contributed by atoms with E-state index in [0.29, 0.717) is 0 Å². The summed E-state index contributed by atoms with van der Waals surface area (Å²) >= 11 is 0. The number of halogens is 1. The zero-order valence-corrected chi connectivity index (χ0v) is 9.67. The van der Waals surface area contributed by atoms with E-state index in [1.165, 1.54) is 23.5 Å². The summed E-state index contributed by atoms with van der Waals surface area (Å²) in [6.07, 6.45) is 1.74. The van der Waals surface area contributed by atoms with E-state index in [1.807, 2.05) is 0 Å². The van der Waals surface area contributed by atoms with E-state index in [1.54, 1.807) is 0 Å². The third-order valence-electron chi connectivity index (χ3n) is 2.71. The van der Waals surface area contributed by atoms with Crippen LogP contribution in [0.2, 0.25) is 0 Å². The molecule has 1 saturated carbocycles. The molecule has 0 radical (unpaired) electrons. The molecule has 1 aliphatic carbocycles. The lowest BCUT2D eigenvalue weighted by atomic mass is 10.3. The summed E-state index contributed by atoms with van der Waals surface area (Å²) in [7, 11) is -2.06. The summed E-state index contributed by atoms with van der Waals surface area (Å²) in [6, 6.07) is 3.62. The van der Waals surface area contributed by atoms with E-state index in [0.717, 1.165) is 18.9 Å². The Hall–Kier alpha value is -1.14. The molecule has 0 aliphatic heterocycles. The summed E-state index contributed by atoms with van der Waals surface area (Å²) < 4.78 is 38.5. The Morgan fingerprint density at radius 3 is 2.56 bits per heavy atom. The lowest BCUT2D eigenvalue weighted by Gasteiger charge is -2.16. The zero-order chi connectivity index (χ0) is 11.9. The number of sulfonamides is 1. The Balaban J connectivity index is 2.38. The van der Waals surface area contributed by atoms with Gasteiger partial charge in [-0.25, -0.2) is 12.8 Å². The number of benzene rings is 1. The van der Waals surface area contributed by atoms with Gasteiger partial charge in [0.15, 0.2) is 0 Å². The average Bonchev–Trinajstić information content (AvgIpc) is 3.04. The van der Waals surface area contributed by atoms with Crippen LogP contribution in [-0.4, -0.2) is 25.8 Å². The van der Waals surface area contributed by atoms with Crippen molar-refractivity contribution in [1.82, 2.24) is 4.31 Å². The average molecular weight is 244 g/mol. The van der Waals surface area contributed by atoms with Gasteiger partial charge < -0.3 is 5.73 Å². The minimum Gasteiger partial charge on any atom is -0.396 e. The first kappa shape index (κ1) is 11.3. The SMILES string of the molecule is CN(C1CC1)S(=O)(=O)c1ccc(N)c(F)c1. The van der Waals surface area contributed by atoms with E-state index >= 15 is 0 Å². The molecule has 0 amide bonds. The Bertz CT molecular complexity index is 512. The van der Waals surface area contributed by atoms with Crippen molar-refractivity contribution in [2.75, 3.05) is 12.8 Å². The largest absolute Gasteiger partial charge is 0.396 e. The van der Waals surface area contributed by atoms with Gasteiger partial charge in [-0.05, 0) is 31.0 Å². The number of hydrogen-bond donors (Lipinski definition) is 1. The van der Waals surface area contributed by atoms with Crippen LogP contribution in [0.25, 0.3) is 0 Å². The molecule has 1 aromatic rings. The van der Waals surface area contributed by atoms with E-state index in [-0.39, 0.29) is 16.6 Å². The number of rotatable bonds is 3. The Morgan fingerprint density at radius 1 is 1.44 bits per heavy atom. The van der Waals surface area contributed by atoms with Gasteiger partial charge in [0.25, 0.3) is 0 Å². The predicted octanol–water partition coefficient (Wildman–Crippen LogP) is 1.19. The lowest BCUT2D eigenvalue weighted by Crippen LogP contribution is -2.29. The maximum atomic E-state index is 13.2. The van der Waals surface area contributed by atoms with Crippen molar-refractivity contribution in [3.05, 3.63) is 24.0 Å². The summed E-state index contributed by atoms with van der Waals surface area (Å²) in [4.78, 5) is -0.0476. The van der Waals surface area contributed by atoms with E-state index in [2.05, 4.69) is 0 Å². The van der Waals surface area contributed by atoms with Crippen LogP contribution in [0.1, 0.15) is 12.8 Å². The molecule has 0 saturated heterocycles. The number of hydrogen-bond acceptors (Lipinski definition) is 3. The second-order valence-corrected chi connectivity index (χ2v) is 5.93. The van der Waals surface area contributed by atoms with E-state index in [4.69, 9.17) is 5.73 Å². The molecule has 2 N–H and O–H groups in total. The zero-order valence-electron chi connectivity index (χ0n) is 8.85. The summed E-state index contributed by atoms with van der Waals surface area (Å²) in [5, 5.41) is 0. The van der Waals surface area contributed by atoms with Gasteiger partial charge in [-0.3, -0.25) is 0 Å². The molecule has 6 heteroatoms. The van der Waals surface area contributed by atoms with Crippen molar-refractivity contribution < 1.29 is 12.8 Å². The first-order valence-electron chi connectivity index (χ1n) is 4.96. The third-order valence-corrected chi connectivity index (χ3v) is 4.62. The maximum absolute atomic E-state index is 13.2. The topological polar surface area (TPSA) is 63.4 Å². The molecule has 0 aromatic heterocycles. The van der Waals surface area contributed by atoms with Gasteiger partial charge in [-0.15, -0.1) is 0 Å². The molecular formula is C10H13FN2O2S. The quantitative estimate of drug-likeness (QED) is 0.812. The van der Waals surface area contributed by atoms with Gasteiger partial charge in [0.05, 0.1) is 10.6 Å². The molecule has 1 aliphatic rings. The molecule has 0 heterocycles. The van der Waals surface area contributed by atoms with Gasteiger partial charge in [-0.1, -0.05) is 0 Å². The third kappa shape index (κ3) is 1.90. The fraction of sp³-hybridized carbons (Fsp3) is 0.400.